The van der Waals surface area contributed by atoms with E-state index in [0.29, 0.717) is 18.1 Å². The predicted molar refractivity (Wildman–Crippen MR) is 83.2 cm³/mol. The lowest BCUT2D eigenvalue weighted by atomic mass is 10.2. The number of esters is 1. The number of carbonyl (C=O) groups is 2. The molecule has 5 nitrogen and oxygen atoms in total. The first kappa shape index (κ1) is 17.0. The number of nitrogens with zero attached hydrogens (tertiary/aromatic N) is 1. The number of anilines is 1. The third-order valence-electron chi connectivity index (χ3n) is 2.76. The predicted octanol–water partition coefficient (Wildman–Crippen LogP) is 2.50. The average Bonchev–Trinajstić information content (AvgIpc) is 2.41. The number of halogens is 1. The Hall–Kier alpha value is -2.01. The van der Waals surface area contributed by atoms with Crippen molar-refractivity contribution in [3.63, 3.8) is 0 Å². The molecular formula is C15H19ClN2O3. The van der Waals surface area contributed by atoms with Crippen molar-refractivity contribution in [2.45, 2.75) is 13.8 Å². The van der Waals surface area contributed by atoms with Crippen molar-refractivity contribution in [3.8, 4) is 0 Å². The van der Waals surface area contributed by atoms with E-state index >= 15 is 0 Å². The van der Waals surface area contributed by atoms with E-state index in [4.69, 9.17) is 22.1 Å². The molecular weight excluding hydrogens is 292 g/mol. The van der Waals surface area contributed by atoms with E-state index in [0.717, 1.165) is 5.57 Å². The Balaban J connectivity index is 2.63. The van der Waals surface area contributed by atoms with Gasteiger partial charge in [-0.2, -0.15) is 0 Å². The van der Waals surface area contributed by atoms with Crippen LogP contribution in [0.5, 0.6) is 0 Å². The monoisotopic (exact) mass is 310 g/mol. The molecule has 1 aromatic carbocycles. The zero-order chi connectivity index (χ0) is 16.0. The van der Waals surface area contributed by atoms with Crippen LogP contribution in [0.1, 0.15) is 24.2 Å². The highest BCUT2D eigenvalue weighted by Crippen LogP contribution is 2.18. The van der Waals surface area contributed by atoms with Crippen molar-refractivity contribution in [1.29, 1.82) is 0 Å². The Labute approximate surface area is 129 Å². The molecule has 1 aromatic rings. The van der Waals surface area contributed by atoms with Gasteiger partial charge in [-0.15, -0.1) is 0 Å². The smallest absolute Gasteiger partial charge is 0.340 e. The molecule has 0 aliphatic heterocycles. The lowest BCUT2D eigenvalue weighted by Gasteiger charge is -2.20. The van der Waals surface area contributed by atoms with Crippen molar-refractivity contribution in [3.05, 3.63) is 40.9 Å². The van der Waals surface area contributed by atoms with Crippen LogP contribution < -0.4 is 5.73 Å². The fourth-order valence-electron chi connectivity index (χ4n) is 1.72. The fourth-order valence-corrected chi connectivity index (χ4v) is 1.90. The maximum atomic E-state index is 11.9. The highest BCUT2D eigenvalue weighted by Gasteiger charge is 2.16. The summed E-state index contributed by atoms with van der Waals surface area (Å²) < 4.78 is 4.99. The average molecular weight is 311 g/mol. The van der Waals surface area contributed by atoms with Crippen LogP contribution in [0, 0.1) is 0 Å². The second-order valence-electron chi connectivity index (χ2n) is 4.67. The van der Waals surface area contributed by atoms with Gasteiger partial charge in [0.2, 0.25) is 0 Å². The lowest BCUT2D eigenvalue weighted by molar-refractivity contribution is -0.133. The van der Waals surface area contributed by atoms with Crippen LogP contribution in [-0.2, 0) is 9.53 Å². The van der Waals surface area contributed by atoms with E-state index in [-0.39, 0.29) is 23.8 Å². The first-order valence-electron chi connectivity index (χ1n) is 6.49. The highest BCUT2D eigenvalue weighted by molar-refractivity contribution is 6.31. The molecule has 0 heterocycles. The third-order valence-corrected chi connectivity index (χ3v) is 2.99. The molecule has 21 heavy (non-hydrogen) atoms. The molecule has 0 saturated carbocycles. The van der Waals surface area contributed by atoms with E-state index in [1.54, 1.807) is 4.90 Å². The minimum absolute atomic E-state index is 0.190. The number of amides is 1. The highest BCUT2D eigenvalue weighted by atomic mass is 35.5. The van der Waals surface area contributed by atoms with Crippen LogP contribution >= 0.6 is 11.6 Å². The summed E-state index contributed by atoms with van der Waals surface area (Å²) in [6.07, 6.45) is 0. The molecule has 0 spiro atoms. The molecule has 1 amide bonds. The Morgan fingerprint density at radius 2 is 2.10 bits per heavy atom. The normalized spacial score (nSPS) is 10.0. The van der Waals surface area contributed by atoms with E-state index < -0.39 is 5.97 Å². The number of nitrogen functional groups attached to an aromatic ring is 1. The molecule has 0 unspecified atom stereocenters. The molecule has 0 radical (unpaired) electrons. The number of likely N-dealkylation sites (N-methyl/N-ethyl adjacent to an activating group) is 1. The van der Waals surface area contributed by atoms with E-state index in [1.165, 1.54) is 18.2 Å². The SMILES string of the molecule is C=C(C)CN(CC)C(=O)COC(=O)c1ccc(Cl)cc1N. The third kappa shape index (κ3) is 5.11. The van der Waals surface area contributed by atoms with Gasteiger partial charge in [-0.05, 0) is 32.0 Å². The summed E-state index contributed by atoms with van der Waals surface area (Å²) in [5, 5.41) is 0.429. The minimum Gasteiger partial charge on any atom is -0.452 e. The summed E-state index contributed by atoms with van der Waals surface area (Å²) in [7, 11) is 0. The van der Waals surface area contributed by atoms with Gasteiger partial charge in [0, 0.05) is 23.8 Å². The van der Waals surface area contributed by atoms with Gasteiger partial charge in [-0.1, -0.05) is 23.8 Å². The van der Waals surface area contributed by atoms with Gasteiger partial charge in [0.15, 0.2) is 6.61 Å². The maximum Gasteiger partial charge on any atom is 0.340 e. The number of rotatable bonds is 6. The molecule has 0 bridgehead atoms. The first-order chi connectivity index (χ1) is 9.85. The van der Waals surface area contributed by atoms with Crippen LogP contribution in [0.3, 0.4) is 0 Å². The zero-order valence-electron chi connectivity index (χ0n) is 12.2. The van der Waals surface area contributed by atoms with Gasteiger partial charge >= 0.3 is 5.97 Å². The molecule has 0 atom stereocenters. The van der Waals surface area contributed by atoms with Gasteiger partial charge in [-0.25, -0.2) is 4.79 Å². The number of hydrogen-bond donors (Lipinski definition) is 1. The Kier molecular flexibility index (Phi) is 6.24. The molecule has 0 aliphatic carbocycles. The van der Waals surface area contributed by atoms with Crippen LogP contribution in [0.2, 0.25) is 5.02 Å². The largest absolute Gasteiger partial charge is 0.452 e. The summed E-state index contributed by atoms with van der Waals surface area (Å²) in [6, 6.07) is 4.46. The standard InChI is InChI=1S/C15H19ClN2O3/c1-4-18(8-10(2)3)14(19)9-21-15(20)12-6-5-11(16)7-13(12)17/h5-7H,2,4,8-9,17H2,1,3H3. The second-order valence-corrected chi connectivity index (χ2v) is 5.11. The summed E-state index contributed by atoms with van der Waals surface area (Å²) >= 11 is 5.76. The lowest BCUT2D eigenvalue weighted by Crippen LogP contribution is -2.35. The van der Waals surface area contributed by atoms with Crippen molar-refractivity contribution in [2.75, 3.05) is 25.4 Å². The van der Waals surface area contributed by atoms with Gasteiger partial charge in [0.25, 0.3) is 5.91 Å². The minimum atomic E-state index is -0.649. The van der Waals surface area contributed by atoms with E-state index in [9.17, 15) is 9.59 Å². The molecule has 0 aliphatic rings. The molecule has 114 valence electrons. The summed E-state index contributed by atoms with van der Waals surface area (Å²) in [5.41, 5.74) is 6.95. The molecule has 1 rings (SSSR count). The number of ether oxygens (including phenoxy) is 1. The first-order valence-corrected chi connectivity index (χ1v) is 6.87. The van der Waals surface area contributed by atoms with Crippen LogP contribution in [0.25, 0.3) is 0 Å². The molecule has 0 aromatic heterocycles. The quantitative estimate of drug-likeness (QED) is 0.498. The van der Waals surface area contributed by atoms with E-state index in [1.807, 2.05) is 13.8 Å². The van der Waals surface area contributed by atoms with Gasteiger partial charge in [0.05, 0.1) is 5.56 Å². The zero-order valence-corrected chi connectivity index (χ0v) is 12.9. The molecule has 0 saturated heterocycles. The summed E-state index contributed by atoms with van der Waals surface area (Å²) in [6.45, 7) is 8.06. The Morgan fingerprint density at radius 1 is 1.43 bits per heavy atom. The topological polar surface area (TPSA) is 72.6 Å². The van der Waals surface area contributed by atoms with Crippen LogP contribution in [0.15, 0.2) is 30.4 Å². The van der Waals surface area contributed by atoms with Gasteiger partial charge in [0.1, 0.15) is 0 Å². The Morgan fingerprint density at radius 3 is 2.62 bits per heavy atom. The van der Waals surface area contributed by atoms with Crippen LogP contribution in [0.4, 0.5) is 5.69 Å². The van der Waals surface area contributed by atoms with Crippen molar-refractivity contribution in [2.24, 2.45) is 0 Å². The van der Waals surface area contributed by atoms with E-state index in [2.05, 4.69) is 6.58 Å². The van der Waals surface area contributed by atoms with Crippen molar-refractivity contribution in [1.82, 2.24) is 4.90 Å². The summed E-state index contributed by atoms with van der Waals surface area (Å²) in [5.74, 6) is -0.926. The molecule has 0 fully saturated rings. The number of carbonyl (C=O) groups excluding carboxylic acids is 2. The van der Waals surface area contributed by atoms with Crippen molar-refractivity contribution >= 4 is 29.2 Å². The number of hydrogen-bond acceptors (Lipinski definition) is 4. The molecule has 6 heteroatoms. The molecule has 2 N–H and O–H groups in total. The second kappa shape index (κ2) is 7.69. The van der Waals surface area contributed by atoms with Crippen LogP contribution in [-0.4, -0.2) is 36.5 Å². The number of benzene rings is 1. The summed E-state index contributed by atoms with van der Waals surface area (Å²) in [4.78, 5) is 25.4. The van der Waals surface area contributed by atoms with Gasteiger partial charge < -0.3 is 15.4 Å². The van der Waals surface area contributed by atoms with Gasteiger partial charge in [-0.3, -0.25) is 4.79 Å². The number of nitrogens with two attached hydrogens (primary N) is 1. The maximum absolute atomic E-state index is 11.9. The van der Waals surface area contributed by atoms with Crippen molar-refractivity contribution < 1.29 is 14.3 Å². The fraction of sp³-hybridized carbons (Fsp3) is 0.333. The Bertz CT molecular complexity index is 558.